The fourth-order valence-electron chi connectivity index (χ4n) is 11.4. The number of alkyl carbamates (subject to hydrolysis) is 5. The second-order valence-electron chi connectivity index (χ2n) is 35.6. The molecule has 710 valence electrons. The van der Waals surface area contributed by atoms with E-state index in [1.165, 1.54) is 0 Å². The fourth-order valence-corrected chi connectivity index (χ4v) is 13.0. The number of rotatable bonds is 38. The van der Waals surface area contributed by atoms with Gasteiger partial charge in [-0.1, -0.05) is 70.9 Å². The summed E-state index contributed by atoms with van der Waals surface area (Å²) >= 11 is 0. The van der Waals surface area contributed by atoms with Crippen molar-refractivity contribution in [2.75, 3.05) is 58.6 Å². The lowest BCUT2D eigenvalue weighted by molar-refractivity contribution is -0.137. The van der Waals surface area contributed by atoms with E-state index in [1.807, 2.05) is 13.8 Å². The van der Waals surface area contributed by atoms with E-state index < -0.39 is 280 Å². The Balaban J connectivity index is 3.15. The van der Waals surface area contributed by atoms with Crippen LogP contribution in [0.4, 0.5) is 24.0 Å². The van der Waals surface area contributed by atoms with Crippen LogP contribution in [0.2, 0.25) is 0 Å². The Bertz CT molecular complexity index is 3750. The average Bonchev–Trinajstić information content (AvgIpc) is 1.24. The summed E-state index contributed by atoms with van der Waals surface area (Å²) in [5.41, 5.74) is -4.64. The van der Waals surface area contributed by atoms with E-state index in [4.69, 9.17) is 32.7 Å². The van der Waals surface area contributed by atoms with E-state index in [9.17, 15) is 72.3 Å². The smallest absolute Gasteiger partial charge is 0.407 e. The van der Waals surface area contributed by atoms with Gasteiger partial charge in [-0.25, -0.2) is 24.0 Å². The number of benzene rings is 1. The lowest BCUT2D eigenvalue weighted by Gasteiger charge is -2.29. The van der Waals surface area contributed by atoms with Crippen molar-refractivity contribution >= 4 is 103 Å². The molecule has 0 aromatic heterocycles. The van der Waals surface area contributed by atoms with Gasteiger partial charge in [-0.05, 0) is 187 Å². The van der Waals surface area contributed by atoms with Gasteiger partial charge in [0, 0.05) is 45.7 Å². The summed E-state index contributed by atoms with van der Waals surface area (Å²) in [4.78, 5) is 229. The Labute approximate surface area is 732 Å². The standard InChI is InChI=1S/C82H141N16O26P/c1-22-24-43-118-125(117,119-44-25-23-2)47-60(101)89-52(32-38-84-73(112)120-78(7,8)9)67(106)98-62(50(6)100)72(111)94-56(35-41-87-76(115)123-81(16,17)18)65(104)90-53-31-37-83-71(110)61(49(5)99)97-68(107)57(36-42-88-77(116)124-82(19,20)21)92-64(103)54(33-39-85-74(113)121-79(10,11)12)93-69(108)58(45-48(3)4)95-70(109)59(46-51-29-27-26-28-30-51)96-66(105)55(91-63(53)102)34-40-86-75(114)122-80(13,14)15/h26-30,48-50,52-59,61-62,99-100H,22-25,31-47H2,1-21H3,(H,83,110)(H,84,112)(H,85,113)(H,86,114)(H,87,115)(H,88,116)(H,89,101)(H,90,104)(H,91,102)(H,92,103)(H,93,108)(H,94,111)(H,95,109)(H,96,105)(H,97,107)(H,98,106)/t49?,50?,52-,53-,54-,55-,56-,57-,58-,59+,61-,62-/m0/s1. The predicted octanol–water partition coefficient (Wildman–Crippen LogP) is 2.81. The zero-order valence-corrected chi connectivity index (χ0v) is 77.3. The first kappa shape index (κ1) is 111. The van der Waals surface area contributed by atoms with Gasteiger partial charge in [-0.3, -0.25) is 57.3 Å². The average molecular weight is 1800 g/mol. The number of aliphatic hydroxyl groups is 2. The molecular weight excluding hydrogens is 1660 g/mol. The van der Waals surface area contributed by atoms with Crippen LogP contribution in [0.15, 0.2) is 30.3 Å². The molecule has 1 aliphatic rings. The molecule has 0 bridgehead atoms. The van der Waals surface area contributed by atoms with Crippen LogP contribution in [0.25, 0.3) is 0 Å². The number of hydrogen-bond acceptors (Lipinski definition) is 26. The molecule has 43 heteroatoms. The Hall–Kier alpha value is -10.2. The van der Waals surface area contributed by atoms with Gasteiger partial charge < -0.3 is 128 Å². The molecule has 18 N–H and O–H groups in total. The highest BCUT2D eigenvalue weighted by Gasteiger charge is 2.40. The van der Waals surface area contributed by atoms with Crippen LogP contribution in [-0.4, -0.2) is 265 Å². The minimum atomic E-state index is -4.18. The highest BCUT2D eigenvalue weighted by atomic mass is 31.2. The van der Waals surface area contributed by atoms with E-state index in [1.54, 1.807) is 148 Å². The van der Waals surface area contributed by atoms with E-state index >= 15 is 19.2 Å². The number of carbonyl (C=O) groups excluding carboxylic acids is 16. The molecule has 2 unspecified atom stereocenters. The predicted molar refractivity (Wildman–Crippen MR) is 458 cm³/mol. The number of unbranched alkanes of at least 4 members (excludes halogenated alkanes) is 2. The largest absolute Gasteiger partial charge is 0.444 e. The molecule has 0 saturated carbocycles. The van der Waals surface area contributed by atoms with Crippen LogP contribution in [0.5, 0.6) is 0 Å². The van der Waals surface area contributed by atoms with Gasteiger partial charge in [-0.15, -0.1) is 0 Å². The summed E-state index contributed by atoms with van der Waals surface area (Å²) in [6.45, 7) is 30.1. The van der Waals surface area contributed by atoms with E-state index in [-0.39, 0.29) is 39.1 Å². The van der Waals surface area contributed by atoms with Gasteiger partial charge in [0.25, 0.3) is 0 Å². The zero-order valence-electron chi connectivity index (χ0n) is 76.4. The maximum Gasteiger partial charge on any atom is 0.407 e. The van der Waals surface area contributed by atoms with E-state index in [0.29, 0.717) is 31.2 Å². The lowest BCUT2D eigenvalue weighted by Crippen LogP contribution is -2.62. The minimum Gasteiger partial charge on any atom is -0.444 e. The van der Waals surface area contributed by atoms with Crippen molar-refractivity contribution in [1.82, 2.24) is 85.1 Å². The van der Waals surface area contributed by atoms with Gasteiger partial charge in [0.1, 0.15) is 94.6 Å². The molecule has 12 atom stereocenters. The van der Waals surface area contributed by atoms with E-state index in [2.05, 4.69) is 85.1 Å². The summed E-state index contributed by atoms with van der Waals surface area (Å²) < 4.78 is 52.2. The summed E-state index contributed by atoms with van der Waals surface area (Å²) in [6, 6.07) is -9.94. The molecule has 2 rings (SSSR count). The SMILES string of the molecule is CCCCOP(=O)(CC(=O)N[C@@H](CCNC(=O)OC(C)(C)C)C(=O)N[C@H](C(=O)N[C@@H](CCNC(=O)OC(C)(C)C)C(=O)N[C@H]1CCNC(=O)[C@H](C(C)O)NC(=O)[C@H](CCNC(=O)OC(C)(C)C)NC(=O)[C@H](CCNC(=O)OC(C)(C)C)NC(=O)[C@H](CC(C)C)NC(=O)[C@@H](Cc2ccccc2)NC(=O)[C@H](CCNC(=O)OC(C)(C)C)NC1=O)C(C)O)OCCCC. The van der Waals surface area contributed by atoms with Crippen molar-refractivity contribution in [2.45, 2.75) is 323 Å². The van der Waals surface area contributed by atoms with Crippen LogP contribution in [0.3, 0.4) is 0 Å². The van der Waals surface area contributed by atoms with Crippen LogP contribution in [0, 0.1) is 5.92 Å². The lowest BCUT2D eigenvalue weighted by atomic mass is 10.00. The molecule has 42 nitrogen and oxygen atoms in total. The molecule has 1 fully saturated rings. The first-order valence-corrected chi connectivity index (χ1v) is 44.1. The minimum absolute atomic E-state index is 0.0484. The van der Waals surface area contributed by atoms with Gasteiger partial charge in [0.2, 0.25) is 65.0 Å². The van der Waals surface area contributed by atoms with Crippen molar-refractivity contribution in [1.29, 1.82) is 0 Å². The highest BCUT2D eigenvalue weighted by Crippen LogP contribution is 2.48. The third-order valence-electron chi connectivity index (χ3n) is 17.3. The number of hydrogen-bond donors (Lipinski definition) is 18. The maximum atomic E-state index is 15.5. The van der Waals surface area contributed by atoms with Crippen LogP contribution < -0.4 is 85.1 Å². The normalized spacial score (nSPS) is 19.5. The molecule has 1 heterocycles. The molecule has 1 aromatic rings. The third-order valence-corrected chi connectivity index (χ3v) is 19.2. The van der Waals surface area contributed by atoms with Crippen molar-refractivity contribution in [2.24, 2.45) is 5.92 Å². The van der Waals surface area contributed by atoms with Crippen molar-refractivity contribution in [3.8, 4) is 0 Å². The molecular formula is C82H141N16O26P. The zero-order chi connectivity index (χ0) is 95.0. The molecule has 125 heavy (non-hydrogen) atoms. The van der Waals surface area contributed by atoms with Gasteiger partial charge in [0.05, 0.1) is 25.4 Å². The molecule has 0 radical (unpaired) electrons. The number of carbonyl (C=O) groups is 16. The summed E-state index contributed by atoms with van der Waals surface area (Å²) in [6.07, 6.45) is -10.8. The van der Waals surface area contributed by atoms with E-state index in [0.717, 1.165) is 13.8 Å². The molecule has 0 aliphatic carbocycles. The monoisotopic (exact) mass is 1800 g/mol. The first-order chi connectivity index (χ1) is 57.9. The summed E-state index contributed by atoms with van der Waals surface area (Å²) in [7, 11) is -4.18. The number of amides is 16. The molecule has 16 amide bonds. The Morgan fingerprint density at radius 3 is 1.22 bits per heavy atom. The summed E-state index contributed by atoms with van der Waals surface area (Å²) in [5.74, 6) is -13.0. The van der Waals surface area contributed by atoms with Crippen LogP contribution >= 0.6 is 7.60 Å². The van der Waals surface area contributed by atoms with Crippen molar-refractivity contribution in [3.63, 3.8) is 0 Å². The number of aliphatic hydroxyl groups excluding tert-OH is 2. The first-order valence-electron chi connectivity index (χ1n) is 42.3. The second-order valence-corrected chi connectivity index (χ2v) is 37.7. The Morgan fingerprint density at radius 1 is 0.456 bits per heavy atom. The van der Waals surface area contributed by atoms with Gasteiger partial charge in [0.15, 0.2) is 0 Å². The second kappa shape index (κ2) is 53.3. The topological polar surface area (TPSA) is 588 Å². The van der Waals surface area contributed by atoms with Crippen molar-refractivity contribution in [3.05, 3.63) is 35.9 Å². The molecule has 1 saturated heterocycles. The molecule has 1 aromatic carbocycles. The Morgan fingerprint density at radius 2 is 0.824 bits per heavy atom. The summed E-state index contributed by atoms with van der Waals surface area (Å²) in [5, 5.41) is 62.8. The fraction of sp³-hybridized carbons (Fsp3) is 0.732. The molecule has 1 aliphatic heterocycles. The third kappa shape index (κ3) is 48.2. The van der Waals surface area contributed by atoms with Gasteiger partial charge in [-0.2, -0.15) is 0 Å². The quantitative estimate of drug-likeness (QED) is 0.0257. The van der Waals surface area contributed by atoms with Crippen molar-refractivity contribution < 1.29 is 124 Å². The van der Waals surface area contributed by atoms with Crippen LogP contribution in [-0.2, 0) is 96.5 Å². The highest BCUT2D eigenvalue weighted by molar-refractivity contribution is 7.54. The maximum absolute atomic E-state index is 15.5. The number of nitrogens with one attached hydrogen (secondary N) is 16. The molecule has 0 spiro atoms. The Kier molecular flexibility index (Phi) is 47.3. The van der Waals surface area contributed by atoms with Crippen LogP contribution in [0.1, 0.15) is 222 Å². The number of ether oxygens (including phenoxy) is 5. The van der Waals surface area contributed by atoms with Gasteiger partial charge >= 0.3 is 38.1 Å².